The molecule has 1 heterocycles. The number of aromatic amines is 1. The summed E-state index contributed by atoms with van der Waals surface area (Å²) in [5.74, 6) is 1.23. The summed E-state index contributed by atoms with van der Waals surface area (Å²) in [7, 11) is 0. The second-order valence-electron chi connectivity index (χ2n) is 3.99. The summed E-state index contributed by atoms with van der Waals surface area (Å²) in [5.41, 5.74) is 1.18. The van der Waals surface area contributed by atoms with E-state index in [1.165, 1.54) is 30.7 Å². The molecule has 0 aliphatic heterocycles. The van der Waals surface area contributed by atoms with Crippen LogP contribution >= 0.6 is 11.8 Å². The Balaban J connectivity index is 1.78. The molecule has 1 fully saturated rings. The lowest BCUT2D eigenvalue weighted by Gasteiger charge is -2.19. The van der Waals surface area contributed by atoms with Gasteiger partial charge in [-0.1, -0.05) is 13.3 Å². The highest BCUT2D eigenvalue weighted by Gasteiger charge is 2.26. The first-order valence-corrected chi connectivity index (χ1v) is 6.77. The highest BCUT2D eigenvalue weighted by atomic mass is 32.2. The Bertz CT molecular complexity index is 273. The molecule has 4 heteroatoms. The Morgan fingerprint density at radius 1 is 1.60 bits per heavy atom. The molecular weight excluding hydrogens is 206 g/mol. The lowest BCUT2D eigenvalue weighted by atomic mass is 10.2. The fourth-order valence-electron chi connectivity index (χ4n) is 2.20. The van der Waals surface area contributed by atoms with E-state index in [0.717, 1.165) is 11.8 Å². The molecular formula is C11H19N3S. The van der Waals surface area contributed by atoms with Gasteiger partial charge in [0, 0.05) is 29.7 Å². The third kappa shape index (κ3) is 2.98. The molecule has 1 saturated carbocycles. The summed E-state index contributed by atoms with van der Waals surface area (Å²) in [6.07, 6.45) is 7.71. The van der Waals surface area contributed by atoms with Crippen LogP contribution in [-0.4, -0.2) is 27.0 Å². The van der Waals surface area contributed by atoms with Crippen molar-refractivity contribution in [3.63, 3.8) is 0 Å². The van der Waals surface area contributed by atoms with Crippen molar-refractivity contribution in [1.82, 2.24) is 15.3 Å². The summed E-state index contributed by atoms with van der Waals surface area (Å²) in [6.45, 7) is 3.17. The highest BCUT2D eigenvalue weighted by Crippen LogP contribution is 2.29. The SMILES string of the molecule is CCSC1CCCC1NCc1cnc[nH]1. The maximum atomic E-state index is 4.02. The number of H-pyrrole nitrogens is 1. The maximum absolute atomic E-state index is 4.02. The van der Waals surface area contributed by atoms with Crippen LogP contribution in [0.5, 0.6) is 0 Å². The van der Waals surface area contributed by atoms with E-state index >= 15 is 0 Å². The number of aromatic nitrogens is 2. The van der Waals surface area contributed by atoms with E-state index in [1.54, 1.807) is 6.33 Å². The Hall–Kier alpha value is -0.480. The lowest BCUT2D eigenvalue weighted by molar-refractivity contribution is 0.528. The molecule has 15 heavy (non-hydrogen) atoms. The molecule has 0 radical (unpaired) electrons. The van der Waals surface area contributed by atoms with E-state index < -0.39 is 0 Å². The minimum atomic E-state index is 0.693. The van der Waals surface area contributed by atoms with Crippen LogP contribution in [0, 0.1) is 0 Å². The first-order chi connectivity index (χ1) is 7.40. The van der Waals surface area contributed by atoms with E-state index in [2.05, 4.69) is 34.0 Å². The normalized spacial score (nSPS) is 25.9. The third-order valence-corrected chi connectivity index (χ3v) is 4.27. The van der Waals surface area contributed by atoms with Crippen LogP contribution in [0.3, 0.4) is 0 Å². The van der Waals surface area contributed by atoms with Gasteiger partial charge in [-0.05, 0) is 18.6 Å². The molecule has 0 saturated heterocycles. The van der Waals surface area contributed by atoms with Crippen LogP contribution < -0.4 is 5.32 Å². The number of hydrogen-bond donors (Lipinski definition) is 2. The molecule has 0 spiro atoms. The lowest BCUT2D eigenvalue weighted by Crippen LogP contribution is -2.33. The topological polar surface area (TPSA) is 40.7 Å². The van der Waals surface area contributed by atoms with E-state index in [0.29, 0.717) is 6.04 Å². The minimum Gasteiger partial charge on any atom is -0.347 e. The van der Waals surface area contributed by atoms with Crippen LogP contribution in [0.15, 0.2) is 12.5 Å². The monoisotopic (exact) mass is 225 g/mol. The first kappa shape index (κ1) is 11.0. The molecule has 1 aliphatic carbocycles. The summed E-state index contributed by atoms with van der Waals surface area (Å²) in [4.78, 5) is 7.15. The summed E-state index contributed by atoms with van der Waals surface area (Å²) in [6, 6.07) is 0.693. The van der Waals surface area contributed by atoms with Gasteiger partial charge in [-0.2, -0.15) is 11.8 Å². The van der Waals surface area contributed by atoms with Crippen molar-refractivity contribution in [2.45, 2.75) is 44.0 Å². The van der Waals surface area contributed by atoms with Gasteiger partial charge in [0.05, 0.1) is 6.33 Å². The van der Waals surface area contributed by atoms with Crippen LogP contribution in [0.25, 0.3) is 0 Å². The smallest absolute Gasteiger partial charge is 0.0922 e. The van der Waals surface area contributed by atoms with E-state index in [1.807, 2.05) is 6.20 Å². The predicted octanol–water partition coefficient (Wildman–Crippen LogP) is 2.17. The van der Waals surface area contributed by atoms with E-state index in [9.17, 15) is 0 Å². The molecule has 2 N–H and O–H groups in total. The number of rotatable bonds is 5. The molecule has 1 aromatic rings. The molecule has 84 valence electrons. The zero-order valence-electron chi connectivity index (χ0n) is 9.20. The molecule has 0 amide bonds. The highest BCUT2D eigenvalue weighted by molar-refractivity contribution is 7.99. The fraction of sp³-hybridized carbons (Fsp3) is 0.727. The number of hydrogen-bond acceptors (Lipinski definition) is 3. The number of nitrogens with one attached hydrogen (secondary N) is 2. The zero-order chi connectivity index (χ0) is 10.5. The Morgan fingerprint density at radius 3 is 3.27 bits per heavy atom. The first-order valence-electron chi connectivity index (χ1n) is 5.72. The van der Waals surface area contributed by atoms with Gasteiger partial charge in [0.2, 0.25) is 0 Å². The van der Waals surface area contributed by atoms with Crippen molar-refractivity contribution in [1.29, 1.82) is 0 Å². The quantitative estimate of drug-likeness (QED) is 0.807. The van der Waals surface area contributed by atoms with Gasteiger partial charge < -0.3 is 10.3 Å². The van der Waals surface area contributed by atoms with Crippen molar-refractivity contribution < 1.29 is 0 Å². The molecule has 2 atom stereocenters. The fourth-order valence-corrected chi connectivity index (χ4v) is 3.42. The summed E-state index contributed by atoms with van der Waals surface area (Å²) >= 11 is 2.10. The molecule has 0 aromatic carbocycles. The Kier molecular flexibility index (Phi) is 4.09. The number of nitrogens with zero attached hydrogens (tertiary/aromatic N) is 1. The van der Waals surface area contributed by atoms with Crippen molar-refractivity contribution in [2.24, 2.45) is 0 Å². The molecule has 2 unspecified atom stereocenters. The second kappa shape index (κ2) is 5.56. The largest absolute Gasteiger partial charge is 0.347 e. The second-order valence-corrected chi connectivity index (χ2v) is 5.51. The number of thioether (sulfide) groups is 1. The van der Waals surface area contributed by atoms with Gasteiger partial charge in [-0.3, -0.25) is 0 Å². The third-order valence-electron chi connectivity index (χ3n) is 2.94. The van der Waals surface area contributed by atoms with Gasteiger partial charge in [0.1, 0.15) is 0 Å². The zero-order valence-corrected chi connectivity index (χ0v) is 10.0. The van der Waals surface area contributed by atoms with Crippen LogP contribution in [-0.2, 0) is 6.54 Å². The molecule has 1 aliphatic rings. The van der Waals surface area contributed by atoms with Crippen LogP contribution in [0.4, 0.5) is 0 Å². The summed E-state index contributed by atoms with van der Waals surface area (Å²) in [5, 5.41) is 4.44. The van der Waals surface area contributed by atoms with E-state index in [-0.39, 0.29) is 0 Å². The molecule has 1 aromatic heterocycles. The Labute approximate surface area is 95.4 Å². The van der Waals surface area contributed by atoms with Crippen LogP contribution in [0.1, 0.15) is 31.9 Å². The minimum absolute atomic E-state index is 0.693. The van der Waals surface area contributed by atoms with Crippen LogP contribution in [0.2, 0.25) is 0 Å². The standard InChI is InChI=1S/C11H19N3S/c1-2-15-11-5-3-4-10(11)13-7-9-6-12-8-14-9/h6,8,10-11,13H,2-5,7H2,1H3,(H,12,14). The van der Waals surface area contributed by atoms with Gasteiger partial charge in [-0.15, -0.1) is 0 Å². The van der Waals surface area contributed by atoms with Gasteiger partial charge >= 0.3 is 0 Å². The van der Waals surface area contributed by atoms with Crippen molar-refractivity contribution in [3.05, 3.63) is 18.2 Å². The molecule has 2 rings (SSSR count). The maximum Gasteiger partial charge on any atom is 0.0922 e. The van der Waals surface area contributed by atoms with Crippen molar-refractivity contribution >= 4 is 11.8 Å². The van der Waals surface area contributed by atoms with Gasteiger partial charge in [0.15, 0.2) is 0 Å². The van der Waals surface area contributed by atoms with Crippen molar-refractivity contribution in [3.8, 4) is 0 Å². The summed E-state index contributed by atoms with van der Waals surface area (Å²) < 4.78 is 0. The van der Waals surface area contributed by atoms with E-state index in [4.69, 9.17) is 0 Å². The van der Waals surface area contributed by atoms with Gasteiger partial charge in [0.25, 0.3) is 0 Å². The molecule has 0 bridgehead atoms. The Morgan fingerprint density at radius 2 is 2.53 bits per heavy atom. The van der Waals surface area contributed by atoms with Crippen molar-refractivity contribution in [2.75, 3.05) is 5.75 Å². The van der Waals surface area contributed by atoms with Gasteiger partial charge in [-0.25, -0.2) is 4.98 Å². The number of imidazole rings is 1. The average Bonchev–Trinajstić information content (AvgIpc) is 2.85. The molecule has 3 nitrogen and oxygen atoms in total. The predicted molar refractivity (Wildman–Crippen MR) is 65.0 cm³/mol. The average molecular weight is 225 g/mol.